The largest absolute Gasteiger partial charge is 0.465 e. The summed E-state index contributed by atoms with van der Waals surface area (Å²) in [5, 5.41) is 3.46. The third-order valence-corrected chi connectivity index (χ3v) is 6.36. The molecule has 1 heterocycles. The molecule has 0 aliphatic carbocycles. The Morgan fingerprint density at radius 1 is 0.897 bits per heavy atom. The lowest BCUT2D eigenvalue weighted by Gasteiger charge is -2.10. The maximum atomic E-state index is 11.7. The number of hydrogen-bond acceptors (Lipinski definition) is 3. The van der Waals surface area contributed by atoms with Crippen LogP contribution >= 0.6 is 0 Å². The number of anilines is 1. The van der Waals surface area contributed by atoms with Crippen LogP contribution in [0.15, 0.2) is 18.2 Å². The van der Waals surface area contributed by atoms with E-state index in [2.05, 4.69) is 18.3 Å². The molecule has 29 heavy (non-hydrogen) atoms. The monoisotopic (exact) mass is 401 g/mol. The molecule has 1 aliphatic rings. The number of carbonyl (C=O) groups is 1. The Kier molecular flexibility index (Phi) is 11.9. The molecule has 0 bridgehead atoms. The first-order chi connectivity index (χ1) is 14.3. The van der Waals surface area contributed by atoms with Crippen molar-refractivity contribution in [1.82, 2.24) is 0 Å². The molecule has 0 aromatic heterocycles. The average molecular weight is 402 g/mol. The van der Waals surface area contributed by atoms with Gasteiger partial charge in [0.2, 0.25) is 0 Å². The number of methoxy groups -OCH3 is 1. The Morgan fingerprint density at radius 3 is 2.00 bits per heavy atom. The van der Waals surface area contributed by atoms with Gasteiger partial charge < -0.3 is 10.1 Å². The van der Waals surface area contributed by atoms with Gasteiger partial charge in [0.05, 0.1) is 12.7 Å². The van der Waals surface area contributed by atoms with Gasteiger partial charge in [-0.3, -0.25) is 0 Å². The molecule has 1 atom stereocenters. The van der Waals surface area contributed by atoms with Crippen LogP contribution in [0.1, 0.15) is 125 Å². The first kappa shape index (κ1) is 23.8. The number of fused-ring (bicyclic) bond motifs is 1. The smallest absolute Gasteiger partial charge is 0.337 e. The van der Waals surface area contributed by atoms with Crippen LogP contribution in [0.4, 0.5) is 5.69 Å². The highest BCUT2D eigenvalue weighted by molar-refractivity contribution is 5.91. The summed E-state index contributed by atoms with van der Waals surface area (Å²) in [6.45, 7) is 3.28. The van der Waals surface area contributed by atoms with Gasteiger partial charge in [0.15, 0.2) is 0 Å². The summed E-state index contributed by atoms with van der Waals surface area (Å²) in [6, 6.07) is 5.94. The molecule has 0 amide bonds. The zero-order valence-corrected chi connectivity index (χ0v) is 18.9. The summed E-state index contributed by atoms with van der Waals surface area (Å²) < 4.78 is 4.81. The molecular formula is C26H43NO2. The first-order valence-electron chi connectivity index (χ1n) is 12.2. The van der Waals surface area contributed by atoms with Crippen LogP contribution in [0.25, 0.3) is 0 Å². The zero-order chi connectivity index (χ0) is 20.7. The Labute approximate surface area is 179 Å². The van der Waals surface area contributed by atoms with E-state index >= 15 is 0 Å². The van der Waals surface area contributed by atoms with Gasteiger partial charge in [-0.2, -0.15) is 0 Å². The van der Waals surface area contributed by atoms with E-state index in [9.17, 15) is 4.79 Å². The molecule has 0 saturated heterocycles. The predicted molar refractivity (Wildman–Crippen MR) is 124 cm³/mol. The van der Waals surface area contributed by atoms with Crippen molar-refractivity contribution in [3.63, 3.8) is 0 Å². The number of nitrogens with one attached hydrogen (secondary N) is 1. The summed E-state index contributed by atoms with van der Waals surface area (Å²) in [7, 11) is 1.43. The second kappa shape index (κ2) is 14.5. The molecule has 1 aromatic rings. The van der Waals surface area contributed by atoms with E-state index in [1.165, 1.54) is 109 Å². The number of esters is 1. The van der Waals surface area contributed by atoms with Crippen LogP contribution < -0.4 is 5.32 Å². The molecule has 164 valence electrons. The second-order valence-electron chi connectivity index (χ2n) is 8.76. The van der Waals surface area contributed by atoms with Crippen molar-refractivity contribution in [3.8, 4) is 0 Å². The van der Waals surface area contributed by atoms with Gasteiger partial charge in [-0.15, -0.1) is 0 Å². The Balaban J connectivity index is 1.46. The molecule has 3 heteroatoms. The van der Waals surface area contributed by atoms with Gasteiger partial charge in [0.25, 0.3) is 0 Å². The normalized spacial score (nSPS) is 15.2. The third-order valence-electron chi connectivity index (χ3n) is 6.36. The quantitative estimate of drug-likeness (QED) is 0.226. The predicted octanol–water partition coefficient (Wildman–Crippen LogP) is 7.85. The van der Waals surface area contributed by atoms with Crippen molar-refractivity contribution in [2.45, 2.75) is 109 Å². The number of carbonyl (C=O) groups excluding carboxylic acids is 1. The molecule has 1 unspecified atom stereocenters. The van der Waals surface area contributed by atoms with Gasteiger partial charge >= 0.3 is 5.97 Å². The maximum absolute atomic E-state index is 11.7. The highest BCUT2D eigenvalue weighted by Crippen LogP contribution is 2.35. The van der Waals surface area contributed by atoms with E-state index in [1.54, 1.807) is 0 Å². The van der Waals surface area contributed by atoms with Crippen molar-refractivity contribution in [2.24, 2.45) is 0 Å². The minimum atomic E-state index is -0.259. The molecule has 2 rings (SSSR count). The SMILES string of the molecule is CCCCCCCCCCCCCCCCC1CNc2cc(C(=O)OC)ccc21. The Hall–Kier alpha value is -1.51. The summed E-state index contributed by atoms with van der Waals surface area (Å²) >= 11 is 0. The second-order valence-corrected chi connectivity index (χ2v) is 8.76. The van der Waals surface area contributed by atoms with Crippen LogP contribution in [-0.2, 0) is 4.74 Å². The van der Waals surface area contributed by atoms with E-state index in [1.807, 2.05) is 12.1 Å². The van der Waals surface area contributed by atoms with Gasteiger partial charge in [0, 0.05) is 18.2 Å². The maximum Gasteiger partial charge on any atom is 0.337 e. The van der Waals surface area contributed by atoms with Gasteiger partial charge in [0.1, 0.15) is 0 Å². The number of ether oxygens (including phenoxy) is 1. The summed E-state index contributed by atoms with van der Waals surface area (Å²) in [6.07, 6.45) is 21.0. The van der Waals surface area contributed by atoms with Crippen LogP contribution in [0, 0.1) is 0 Å². The summed E-state index contributed by atoms with van der Waals surface area (Å²) in [5.41, 5.74) is 3.12. The molecule has 0 saturated carbocycles. The highest BCUT2D eigenvalue weighted by atomic mass is 16.5. The van der Waals surface area contributed by atoms with E-state index in [0.29, 0.717) is 11.5 Å². The van der Waals surface area contributed by atoms with Crippen LogP contribution in [-0.4, -0.2) is 19.6 Å². The fourth-order valence-electron chi connectivity index (χ4n) is 4.50. The summed E-state index contributed by atoms with van der Waals surface area (Å²) in [4.78, 5) is 11.7. The van der Waals surface area contributed by atoms with E-state index in [4.69, 9.17) is 4.74 Å². The number of rotatable bonds is 16. The highest BCUT2D eigenvalue weighted by Gasteiger charge is 2.22. The van der Waals surface area contributed by atoms with Crippen LogP contribution in [0.3, 0.4) is 0 Å². The number of benzene rings is 1. The molecule has 3 nitrogen and oxygen atoms in total. The zero-order valence-electron chi connectivity index (χ0n) is 18.9. The van der Waals surface area contributed by atoms with Gasteiger partial charge in [-0.05, 0) is 24.1 Å². The van der Waals surface area contributed by atoms with Crippen molar-refractivity contribution in [3.05, 3.63) is 29.3 Å². The van der Waals surface area contributed by atoms with E-state index < -0.39 is 0 Å². The van der Waals surface area contributed by atoms with Crippen LogP contribution in [0.2, 0.25) is 0 Å². The lowest BCUT2D eigenvalue weighted by atomic mass is 9.94. The lowest BCUT2D eigenvalue weighted by molar-refractivity contribution is 0.0601. The number of unbranched alkanes of at least 4 members (excludes halogenated alkanes) is 13. The Morgan fingerprint density at radius 2 is 1.45 bits per heavy atom. The average Bonchev–Trinajstić information content (AvgIpc) is 3.15. The topological polar surface area (TPSA) is 38.3 Å². The fraction of sp³-hybridized carbons (Fsp3) is 0.731. The third kappa shape index (κ3) is 8.80. The number of hydrogen-bond donors (Lipinski definition) is 1. The van der Waals surface area contributed by atoms with Crippen LogP contribution in [0.5, 0.6) is 0 Å². The Bertz CT molecular complexity index is 584. The first-order valence-corrected chi connectivity index (χ1v) is 12.2. The standard InChI is InChI=1S/C26H43NO2/c1-3-4-5-6-7-8-9-10-11-12-13-14-15-16-17-23-21-27-25-20-22(26(28)29-2)18-19-24(23)25/h18-20,23,27H,3-17,21H2,1-2H3. The molecule has 0 radical (unpaired) electrons. The molecule has 1 aliphatic heterocycles. The minimum absolute atomic E-state index is 0.259. The molecular weight excluding hydrogens is 358 g/mol. The van der Waals surface area contributed by atoms with Gasteiger partial charge in [-0.1, -0.05) is 103 Å². The van der Waals surface area contributed by atoms with Crippen molar-refractivity contribution in [2.75, 3.05) is 19.0 Å². The lowest BCUT2D eigenvalue weighted by Crippen LogP contribution is -2.01. The molecule has 0 fully saturated rings. The minimum Gasteiger partial charge on any atom is -0.465 e. The molecule has 0 spiro atoms. The summed E-state index contributed by atoms with van der Waals surface area (Å²) in [5.74, 6) is 0.332. The van der Waals surface area contributed by atoms with Gasteiger partial charge in [-0.25, -0.2) is 4.79 Å². The van der Waals surface area contributed by atoms with Crippen molar-refractivity contribution in [1.29, 1.82) is 0 Å². The van der Waals surface area contributed by atoms with E-state index in [-0.39, 0.29) is 5.97 Å². The molecule has 1 N–H and O–H groups in total. The van der Waals surface area contributed by atoms with Crippen molar-refractivity contribution >= 4 is 11.7 Å². The molecule has 1 aromatic carbocycles. The van der Waals surface area contributed by atoms with E-state index in [0.717, 1.165) is 12.2 Å². The van der Waals surface area contributed by atoms with Crippen molar-refractivity contribution < 1.29 is 9.53 Å². The fourth-order valence-corrected chi connectivity index (χ4v) is 4.50.